The summed E-state index contributed by atoms with van der Waals surface area (Å²) in [4.78, 5) is 66.3. The molecule has 6 aliphatic rings. The first-order valence-electron chi connectivity index (χ1n) is 22.5. The fraction of sp³-hybridized carbons (Fsp3) is 0.542. The molecule has 13 nitrogen and oxygen atoms in total. The lowest BCUT2D eigenvalue weighted by atomic mass is 9.80. The molecule has 3 N–H and O–H groups in total. The minimum Gasteiger partial charge on any atom is -0.481 e. The number of carbonyl (C=O) groups excluding carboxylic acids is 2. The standard InChI is InChI=1S/C48H55Cl2N7O6/c1-54-35-10-21-57(28-46-13-17-48(27-46,18-14-46)44(62)63)25-34(35)51-40(54)37(58)23-29-5-3-6-30(38(29)49)31-7-4-8-32(39(31)50)53-42(59)41-52-33-24-56(20-9-36(33)55(41)2)22-19-45-11-15-47(26-45,16-12-45)43(60)61/h3-8H,9-28H2,1-2H3,(H,53,59)(H,60,61)(H,62,63). The Kier molecular flexibility index (Phi) is 10.5. The number of nitrogens with one attached hydrogen (secondary N) is 1. The molecule has 0 spiro atoms. The fourth-order valence-corrected chi connectivity index (χ4v) is 13.4. The number of benzene rings is 2. The van der Waals surface area contributed by atoms with E-state index in [1.165, 1.54) is 0 Å². The lowest BCUT2D eigenvalue weighted by Crippen LogP contribution is -2.39. The van der Waals surface area contributed by atoms with E-state index < -0.39 is 22.8 Å². The van der Waals surface area contributed by atoms with Crippen molar-refractivity contribution in [1.82, 2.24) is 28.9 Å². The Morgan fingerprint density at radius 2 is 1.24 bits per heavy atom. The van der Waals surface area contributed by atoms with Gasteiger partial charge < -0.3 is 24.7 Å². The lowest BCUT2D eigenvalue weighted by Gasteiger charge is -2.35. The van der Waals surface area contributed by atoms with Crippen molar-refractivity contribution in [2.24, 2.45) is 35.8 Å². The number of aromatic nitrogens is 4. The number of hydrogen-bond donors (Lipinski definition) is 3. The van der Waals surface area contributed by atoms with Gasteiger partial charge in [-0.1, -0.05) is 53.5 Å². The van der Waals surface area contributed by atoms with Crippen molar-refractivity contribution < 1.29 is 29.4 Å². The summed E-state index contributed by atoms with van der Waals surface area (Å²) in [6.07, 6.45) is 11.1. The summed E-state index contributed by atoms with van der Waals surface area (Å²) in [5.41, 5.74) is 5.31. The third kappa shape index (κ3) is 7.21. The molecule has 0 unspecified atom stereocenters. The van der Waals surface area contributed by atoms with Gasteiger partial charge in [0.05, 0.1) is 38.0 Å². The molecule has 2 aromatic heterocycles. The second-order valence-electron chi connectivity index (χ2n) is 20.0. The molecule has 0 saturated heterocycles. The SMILES string of the molecule is Cn1c(C(=O)Cc2cccc(-c3cccc(NC(=O)c4nc5c(n4C)CCN(CCC46CCC(C(=O)O)(CC4)C6)C5)c3Cl)c2Cl)nc2c1CCN(CC13CCC(C(=O)O)(CC1)C3)C2. The largest absolute Gasteiger partial charge is 0.481 e. The van der Waals surface area contributed by atoms with E-state index in [2.05, 4.69) is 15.1 Å². The van der Waals surface area contributed by atoms with E-state index in [0.29, 0.717) is 57.2 Å². The number of carboxylic acid groups (broad SMARTS) is 2. The Labute approximate surface area is 377 Å². The molecule has 4 bridgehead atoms. The molecule has 2 aliphatic heterocycles. The molecule has 4 fully saturated rings. The number of anilines is 1. The number of fused-ring (bicyclic) bond motifs is 6. The van der Waals surface area contributed by atoms with E-state index in [4.69, 9.17) is 33.2 Å². The first kappa shape index (κ1) is 42.4. The topological polar surface area (TPSA) is 163 Å². The molecule has 2 aromatic carbocycles. The Hall–Kier alpha value is -4.56. The maximum absolute atomic E-state index is 13.9. The van der Waals surface area contributed by atoms with E-state index in [0.717, 1.165) is 132 Å². The summed E-state index contributed by atoms with van der Waals surface area (Å²) in [7, 11) is 3.77. The van der Waals surface area contributed by atoms with Crippen molar-refractivity contribution in [1.29, 1.82) is 0 Å². The van der Waals surface area contributed by atoms with Crippen LogP contribution in [-0.2, 0) is 56.0 Å². The number of aliphatic carboxylic acids is 2. The molecular formula is C48H55Cl2N7O6. The van der Waals surface area contributed by atoms with Crippen LogP contribution in [0.25, 0.3) is 11.1 Å². The highest BCUT2D eigenvalue weighted by Crippen LogP contribution is 2.63. The molecular weight excluding hydrogens is 841 g/mol. The highest BCUT2D eigenvalue weighted by atomic mass is 35.5. The van der Waals surface area contributed by atoms with Crippen molar-refractivity contribution in [3.05, 3.63) is 86.4 Å². The number of Topliss-reactive ketones (excluding diaryl/α,β-unsaturated/α-hetero) is 1. The van der Waals surface area contributed by atoms with Gasteiger partial charge in [0.15, 0.2) is 11.6 Å². The number of imidazole rings is 2. The van der Waals surface area contributed by atoms with Gasteiger partial charge in [0.1, 0.15) is 0 Å². The number of hydrogen-bond acceptors (Lipinski definition) is 8. The molecule has 4 aliphatic carbocycles. The Bertz CT molecular complexity index is 2560. The first-order valence-corrected chi connectivity index (χ1v) is 23.3. The van der Waals surface area contributed by atoms with Gasteiger partial charge in [-0.2, -0.15) is 0 Å². The molecule has 10 rings (SSSR count). The van der Waals surface area contributed by atoms with Crippen LogP contribution in [0.4, 0.5) is 5.69 Å². The number of halogens is 2. The molecule has 0 atom stereocenters. The van der Waals surface area contributed by atoms with Crippen LogP contribution in [0.5, 0.6) is 0 Å². The summed E-state index contributed by atoms with van der Waals surface area (Å²) < 4.78 is 3.79. The third-order valence-electron chi connectivity index (χ3n) is 16.5. The number of amides is 1. The van der Waals surface area contributed by atoms with Crippen molar-refractivity contribution in [3.63, 3.8) is 0 Å². The van der Waals surface area contributed by atoms with Gasteiger partial charge in [-0.25, -0.2) is 9.97 Å². The van der Waals surface area contributed by atoms with Gasteiger partial charge in [0.2, 0.25) is 5.78 Å². The maximum Gasteiger partial charge on any atom is 0.309 e. The molecule has 15 heteroatoms. The lowest BCUT2D eigenvalue weighted by molar-refractivity contribution is -0.149. The zero-order valence-electron chi connectivity index (χ0n) is 36.1. The molecule has 4 heterocycles. The Balaban J connectivity index is 0.791. The van der Waals surface area contributed by atoms with Gasteiger partial charge in [-0.3, -0.25) is 29.0 Å². The monoisotopic (exact) mass is 895 g/mol. The highest BCUT2D eigenvalue weighted by molar-refractivity contribution is 6.39. The zero-order chi connectivity index (χ0) is 44.1. The van der Waals surface area contributed by atoms with Crippen LogP contribution in [0, 0.1) is 21.7 Å². The molecule has 0 radical (unpaired) electrons. The van der Waals surface area contributed by atoms with Crippen LogP contribution in [0.3, 0.4) is 0 Å². The smallest absolute Gasteiger partial charge is 0.309 e. The maximum atomic E-state index is 13.9. The van der Waals surface area contributed by atoms with Gasteiger partial charge in [-0.15, -0.1) is 0 Å². The second kappa shape index (κ2) is 15.6. The predicted octanol–water partition coefficient (Wildman–Crippen LogP) is 7.98. The number of nitrogens with zero attached hydrogens (tertiary/aromatic N) is 6. The summed E-state index contributed by atoms with van der Waals surface area (Å²) in [5, 5.41) is 23.5. The number of carboxylic acids is 2. The average molecular weight is 897 g/mol. The van der Waals surface area contributed by atoms with E-state index in [1.54, 1.807) is 6.07 Å². The number of rotatable bonds is 13. The third-order valence-corrected chi connectivity index (χ3v) is 17.3. The van der Waals surface area contributed by atoms with E-state index in [9.17, 15) is 29.4 Å². The van der Waals surface area contributed by atoms with Gasteiger partial charge in [-0.05, 0) is 99.6 Å². The predicted molar refractivity (Wildman–Crippen MR) is 238 cm³/mol. The van der Waals surface area contributed by atoms with Crippen LogP contribution < -0.4 is 5.32 Å². The van der Waals surface area contributed by atoms with Gasteiger partial charge in [0.25, 0.3) is 5.91 Å². The quantitative estimate of drug-likeness (QED) is 0.112. The number of carbonyl (C=O) groups is 4. The average Bonchev–Trinajstić information content (AvgIpc) is 4.13. The molecule has 63 heavy (non-hydrogen) atoms. The van der Waals surface area contributed by atoms with E-state index in [1.807, 2.05) is 53.6 Å². The Morgan fingerprint density at radius 1 is 0.698 bits per heavy atom. The summed E-state index contributed by atoms with van der Waals surface area (Å²) in [6.45, 7) is 4.74. The summed E-state index contributed by atoms with van der Waals surface area (Å²) in [5.74, 6) is -1.10. The van der Waals surface area contributed by atoms with Crippen molar-refractivity contribution >= 4 is 52.5 Å². The number of ketones is 1. The van der Waals surface area contributed by atoms with E-state index in [-0.39, 0.29) is 28.9 Å². The minimum atomic E-state index is -0.646. The molecule has 4 aromatic rings. The summed E-state index contributed by atoms with van der Waals surface area (Å²) in [6, 6.07) is 10.9. The zero-order valence-corrected chi connectivity index (χ0v) is 37.6. The van der Waals surface area contributed by atoms with Crippen molar-refractivity contribution in [3.8, 4) is 11.1 Å². The minimum absolute atomic E-state index is 0.0437. The van der Waals surface area contributed by atoms with Crippen molar-refractivity contribution in [2.75, 3.05) is 31.5 Å². The van der Waals surface area contributed by atoms with E-state index >= 15 is 0 Å². The fourth-order valence-electron chi connectivity index (χ4n) is 12.8. The van der Waals surface area contributed by atoms with Crippen LogP contribution in [0.2, 0.25) is 10.0 Å². The molecule has 4 saturated carbocycles. The Morgan fingerprint density at radius 3 is 1.87 bits per heavy atom. The van der Waals surface area contributed by atoms with Crippen LogP contribution in [0.1, 0.15) is 120 Å². The van der Waals surface area contributed by atoms with Gasteiger partial charge >= 0.3 is 11.9 Å². The van der Waals surface area contributed by atoms with Gasteiger partial charge in [0, 0.05) is 88.6 Å². The normalized spacial score (nSPS) is 27.4. The summed E-state index contributed by atoms with van der Waals surface area (Å²) >= 11 is 14.1. The highest BCUT2D eigenvalue weighted by Gasteiger charge is 2.59. The molecule has 1 amide bonds. The van der Waals surface area contributed by atoms with Crippen molar-refractivity contribution in [2.45, 2.75) is 103 Å². The second-order valence-corrected chi connectivity index (χ2v) is 20.8. The van der Waals surface area contributed by atoms with Crippen LogP contribution in [-0.4, -0.2) is 88.9 Å². The van der Waals surface area contributed by atoms with Crippen LogP contribution >= 0.6 is 23.2 Å². The molecule has 332 valence electrons. The van der Waals surface area contributed by atoms with Crippen LogP contribution in [0.15, 0.2) is 36.4 Å². The first-order chi connectivity index (χ1) is 30.1.